The molecule has 2 aliphatic rings. The van der Waals surface area contributed by atoms with Gasteiger partial charge in [0.25, 0.3) is 0 Å². The molecule has 0 amide bonds. The zero-order chi connectivity index (χ0) is 20.1. The summed E-state index contributed by atoms with van der Waals surface area (Å²) in [5.41, 5.74) is 1.28. The molecule has 1 aromatic carbocycles. The monoisotopic (exact) mass is 382 g/mol. The van der Waals surface area contributed by atoms with Crippen molar-refractivity contribution in [3.8, 4) is 5.75 Å². The quantitative estimate of drug-likeness (QED) is 0.603. The summed E-state index contributed by atoms with van der Waals surface area (Å²) in [5, 5.41) is 11.4. The third-order valence-electron chi connectivity index (χ3n) is 7.57. The minimum atomic E-state index is -0.401. The van der Waals surface area contributed by atoms with E-state index in [1.807, 2.05) is 18.2 Å². The molecule has 0 bridgehead atoms. The Morgan fingerprint density at radius 3 is 2.79 bits per heavy atom. The van der Waals surface area contributed by atoms with Gasteiger partial charge in [0.15, 0.2) is 0 Å². The number of benzene rings is 1. The van der Waals surface area contributed by atoms with Gasteiger partial charge in [0.2, 0.25) is 0 Å². The molecule has 0 radical (unpaired) electrons. The third kappa shape index (κ3) is 2.98. The van der Waals surface area contributed by atoms with E-state index >= 15 is 0 Å². The van der Waals surface area contributed by atoms with E-state index in [4.69, 9.17) is 9.15 Å². The highest BCUT2D eigenvalue weighted by Gasteiger charge is 2.56. The Labute approximate surface area is 166 Å². The van der Waals surface area contributed by atoms with Crippen LogP contribution in [0.1, 0.15) is 46.5 Å². The number of para-hydroxylation sites is 1. The molecule has 4 rings (SSSR count). The van der Waals surface area contributed by atoms with E-state index in [2.05, 4.69) is 27.4 Å². The molecular weight excluding hydrogens is 352 g/mol. The van der Waals surface area contributed by atoms with E-state index in [1.165, 1.54) is 11.6 Å². The minimum absolute atomic E-state index is 0.0350. The molecule has 150 valence electrons. The second-order valence-corrected chi connectivity index (χ2v) is 9.42. The number of fused-ring (bicyclic) bond motifs is 2. The topological polar surface area (TPSA) is 59.7 Å². The highest BCUT2D eigenvalue weighted by atomic mass is 16.5. The fraction of sp³-hybridized carbons (Fsp3) is 0.542. The molecule has 2 saturated carbocycles. The van der Waals surface area contributed by atoms with E-state index in [1.54, 1.807) is 6.07 Å². The predicted molar refractivity (Wildman–Crippen MR) is 110 cm³/mol. The molecule has 28 heavy (non-hydrogen) atoms. The average molecular weight is 383 g/mol. The molecule has 2 aromatic rings. The lowest BCUT2D eigenvalue weighted by molar-refractivity contribution is -0.128. The van der Waals surface area contributed by atoms with E-state index in [0.717, 1.165) is 31.1 Å². The lowest BCUT2D eigenvalue weighted by Crippen LogP contribution is -2.55. The summed E-state index contributed by atoms with van der Waals surface area (Å²) in [6, 6.07) is 8.89. The highest BCUT2D eigenvalue weighted by molar-refractivity contribution is 5.82. The van der Waals surface area contributed by atoms with Crippen LogP contribution in [0, 0.1) is 22.7 Å². The Balaban J connectivity index is 1.64. The van der Waals surface area contributed by atoms with Crippen molar-refractivity contribution >= 4 is 11.0 Å². The molecular formula is C24H30O4. The van der Waals surface area contributed by atoms with Crippen molar-refractivity contribution in [1.82, 2.24) is 0 Å². The van der Waals surface area contributed by atoms with E-state index in [-0.39, 0.29) is 22.9 Å². The third-order valence-corrected chi connectivity index (χ3v) is 7.57. The summed E-state index contributed by atoms with van der Waals surface area (Å²) in [7, 11) is 0. The summed E-state index contributed by atoms with van der Waals surface area (Å²) in [6.45, 7) is 11.6. The maximum Gasteiger partial charge on any atom is 0.339 e. The second-order valence-electron chi connectivity index (χ2n) is 9.42. The zero-order valence-electron chi connectivity index (χ0n) is 17.0. The molecule has 4 heteroatoms. The van der Waals surface area contributed by atoms with Crippen LogP contribution in [0.25, 0.3) is 11.0 Å². The van der Waals surface area contributed by atoms with Crippen LogP contribution in [0.3, 0.4) is 0 Å². The van der Waals surface area contributed by atoms with E-state index in [9.17, 15) is 9.90 Å². The maximum absolute atomic E-state index is 11.9. The van der Waals surface area contributed by atoms with Gasteiger partial charge in [0, 0.05) is 5.92 Å². The predicted octanol–water partition coefficient (Wildman–Crippen LogP) is 4.94. The van der Waals surface area contributed by atoms with Crippen LogP contribution < -0.4 is 10.4 Å². The van der Waals surface area contributed by atoms with Crippen molar-refractivity contribution in [2.24, 2.45) is 22.7 Å². The first-order chi connectivity index (χ1) is 13.2. The Hall–Kier alpha value is -2.07. The van der Waals surface area contributed by atoms with Crippen LogP contribution in [0.4, 0.5) is 0 Å². The number of aliphatic hydroxyl groups excluding tert-OH is 1. The number of ether oxygens (including phenoxy) is 1. The molecule has 4 atom stereocenters. The van der Waals surface area contributed by atoms with Gasteiger partial charge in [-0.3, -0.25) is 0 Å². The number of hydrogen-bond acceptors (Lipinski definition) is 4. The Bertz CT molecular complexity index is 956. The van der Waals surface area contributed by atoms with Gasteiger partial charge in [-0.1, -0.05) is 45.1 Å². The maximum atomic E-state index is 11.9. The van der Waals surface area contributed by atoms with Gasteiger partial charge in [-0.05, 0) is 54.6 Å². The Morgan fingerprint density at radius 2 is 2.00 bits per heavy atom. The van der Waals surface area contributed by atoms with Crippen LogP contribution in [0.15, 0.2) is 51.7 Å². The zero-order valence-corrected chi connectivity index (χ0v) is 17.0. The first kappa shape index (κ1) is 19.3. The Morgan fingerprint density at radius 1 is 1.25 bits per heavy atom. The van der Waals surface area contributed by atoms with Gasteiger partial charge in [-0.2, -0.15) is 0 Å². The van der Waals surface area contributed by atoms with Crippen LogP contribution in [-0.2, 0) is 0 Å². The summed E-state index contributed by atoms with van der Waals surface area (Å²) in [4.78, 5) is 11.9. The number of rotatable bonds is 3. The first-order valence-corrected chi connectivity index (χ1v) is 10.2. The summed E-state index contributed by atoms with van der Waals surface area (Å²) >= 11 is 0. The average Bonchev–Trinajstić information content (AvgIpc) is 2.64. The molecule has 2 aliphatic carbocycles. The van der Waals surface area contributed by atoms with E-state index < -0.39 is 5.63 Å². The van der Waals surface area contributed by atoms with Gasteiger partial charge in [0.1, 0.15) is 11.3 Å². The highest BCUT2D eigenvalue weighted by Crippen LogP contribution is 2.60. The molecule has 1 heterocycles. The molecule has 3 unspecified atom stereocenters. The fourth-order valence-corrected chi connectivity index (χ4v) is 5.85. The molecule has 0 saturated heterocycles. The fourth-order valence-electron chi connectivity index (χ4n) is 5.85. The van der Waals surface area contributed by atoms with Gasteiger partial charge in [-0.25, -0.2) is 4.79 Å². The molecule has 2 fully saturated rings. The van der Waals surface area contributed by atoms with Crippen molar-refractivity contribution in [2.45, 2.75) is 52.6 Å². The summed E-state index contributed by atoms with van der Waals surface area (Å²) in [5.74, 6) is 1.19. The molecule has 0 aliphatic heterocycles. The van der Waals surface area contributed by atoms with Crippen molar-refractivity contribution in [2.75, 3.05) is 6.61 Å². The molecule has 0 spiro atoms. The van der Waals surface area contributed by atoms with Crippen LogP contribution in [-0.4, -0.2) is 17.8 Å². The normalized spacial score (nSPS) is 32.1. The number of hydrogen-bond donors (Lipinski definition) is 1. The van der Waals surface area contributed by atoms with Crippen molar-refractivity contribution in [1.29, 1.82) is 0 Å². The van der Waals surface area contributed by atoms with Crippen LogP contribution in [0.5, 0.6) is 5.75 Å². The summed E-state index contributed by atoms with van der Waals surface area (Å²) < 4.78 is 11.5. The van der Waals surface area contributed by atoms with Crippen molar-refractivity contribution < 1.29 is 14.3 Å². The van der Waals surface area contributed by atoms with Crippen LogP contribution in [0.2, 0.25) is 0 Å². The van der Waals surface area contributed by atoms with Gasteiger partial charge < -0.3 is 14.3 Å². The SMILES string of the molecule is C=C1CCC2C(C)(C)C(O)CC[C@@]2(C)C1COc1cc(=O)oc2ccccc12. The smallest absolute Gasteiger partial charge is 0.339 e. The van der Waals surface area contributed by atoms with Gasteiger partial charge >= 0.3 is 5.63 Å². The lowest BCUT2D eigenvalue weighted by atomic mass is 9.47. The molecule has 1 N–H and O–H groups in total. The summed E-state index contributed by atoms with van der Waals surface area (Å²) in [6.07, 6.45) is 3.53. The largest absolute Gasteiger partial charge is 0.492 e. The molecule has 1 aromatic heterocycles. The Kier molecular flexibility index (Phi) is 4.65. The van der Waals surface area contributed by atoms with Gasteiger partial charge in [0.05, 0.1) is 24.2 Å². The van der Waals surface area contributed by atoms with Crippen LogP contribution >= 0.6 is 0 Å². The van der Waals surface area contributed by atoms with Crippen molar-refractivity contribution in [3.05, 3.63) is 52.9 Å². The molecule has 4 nitrogen and oxygen atoms in total. The first-order valence-electron chi connectivity index (χ1n) is 10.2. The standard InChI is InChI=1S/C24H30O4/c1-15-9-10-20-23(2,3)21(25)11-12-24(20,4)17(15)14-27-19-13-22(26)28-18-8-6-5-7-16(18)19/h5-8,13,17,20-21,25H,1,9-12,14H2,2-4H3/t17?,20?,21?,24-/m0/s1. The minimum Gasteiger partial charge on any atom is -0.492 e. The van der Waals surface area contributed by atoms with E-state index in [0.29, 0.717) is 23.9 Å². The van der Waals surface area contributed by atoms with Gasteiger partial charge in [-0.15, -0.1) is 0 Å². The number of aliphatic hydroxyl groups is 1. The van der Waals surface area contributed by atoms with Crippen molar-refractivity contribution in [3.63, 3.8) is 0 Å². The lowest BCUT2D eigenvalue weighted by Gasteiger charge is -2.59. The second kappa shape index (κ2) is 6.77.